The number of alkyl halides is 9. The molecule has 7 aromatic rings. The number of hydrogen-bond acceptors (Lipinski definition) is 9. The Morgan fingerprint density at radius 3 is 1.20 bits per heavy atom. The summed E-state index contributed by atoms with van der Waals surface area (Å²) in [4.78, 5) is 55.2. The predicted molar refractivity (Wildman–Crippen MR) is 287 cm³/mol. The van der Waals surface area contributed by atoms with Gasteiger partial charge >= 0.3 is 25.6 Å². The third-order valence-corrected chi connectivity index (χ3v) is 15.4. The number of rotatable bonds is 3. The molecule has 7 aromatic carbocycles. The molecule has 1 fully saturated rings. The van der Waals surface area contributed by atoms with E-state index in [0.717, 1.165) is 69.7 Å². The van der Waals surface area contributed by atoms with Crippen molar-refractivity contribution in [1.29, 1.82) is 10.5 Å². The van der Waals surface area contributed by atoms with Crippen LogP contribution in [0.3, 0.4) is 0 Å². The van der Waals surface area contributed by atoms with Gasteiger partial charge in [0.15, 0.2) is 28.8 Å². The molecule has 82 heavy (non-hydrogen) atoms. The van der Waals surface area contributed by atoms with E-state index in [2.05, 4.69) is 36.7 Å². The third kappa shape index (κ3) is 11.2. The van der Waals surface area contributed by atoms with Gasteiger partial charge in [0, 0.05) is 44.4 Å². The largest absolute Gasteiger partial charge is 0.488 e. The van der Waals surface area contributed by atoms with Crippen molar-refractivity contribution >= 4 is 73.3 Å². The molecule has 22 heteroatoms. The van der Waals surface area contributed by atoms with E-state index in [4.69, 9.17) is 31.9 Å². The maximum absolute atomic E-state index is 13.6. The van der Waals surface area contributed by atoms with Gasteiger partial charge < -0.3 is 14.8 Å². The van der Waals surface area contributed by atoms with Crippen LogP contribution in [0.1, 0.15) is 128 Å². The summed E-state index contributed by atoms with van der Waals surface area (Å²) in [6, 6.07) is 31.9. The number of benzene rings is 7. The molecule has 0 saturated carbocycles. The van der Waals surface area contributed by atoms with Crippen molar-refractivity contribution in [3.63, 3.8) is 0 Å². The Hall–Kier alpha value is -8.04. The van der Waals surface area contributed by atoms with E-state index in [1.165, 1.54) is 73.5 Å². The molecule has 2 N–H and O–H groups in total. The second-order valence-electron chi connectivity index (χ2n) is 19.3. The minimum atomic E-state index is -4.77. The van der Waals surface area contributed by atoms with Crippen molar-refractivity contribution in [2.24, 2.45) is 0 Å². The van der Waals surface area contributed by atoms with Crippen LogP contribution in [0.15, 0.2) is 136 Å². The number of fused-ring (bicyclic) bond motifs is 10. The summed E-state index contributed by atoms with van der Waals surface area (Å²) in [5, 5.41) is 34.9. The van der Waals surface area contributed by atoms with E-state index >= 15 is 0 Å². The van der Waals surface area contributed by atoms with Gasteiger partial charge in [0.05, 0.1) is 70.2 Å². The number of ketones is 4. The van der Waals surface area contributed by atoms with E-state index in [-0.39, 0.29) is 62.7 Å². The molecule has 4 atom stereocenters. The first-order valence-electron chi connectivity index (χ1n) is 24.6. The van der Waals surface area contributed by atoms with Gasteiger partial charge in [-0.15, -0.1) is 0 Å². The fourth-order valence-electron chi connectivity index (χ4n) is 10.7. The van der Waals surface area contributed by atoms with Crippen molar-refractivity contribution in [2.75, 3.05) is 13.2 Å². The van der Waals surface area contributed by atoms with Gasteiger partial charge in [-0.1, -0.05) is 86.5 Å². The van der Waals surface area contributed by atoms with Crippen LogP contribution in [0.25, 0.3) is 27.1 Å². The van der Waals surface area contributed by atoms with Crippen LogP contribution >= 0.6 is 31.9 Å². The number of carbonyl (C=O) groups is 4. The van der Waals surface area contributed by atoms with Crippen molar-refractivity contribution in [1.82, 2.24) is 0 Å². The second-order valence-corrected chi connectivity index (χ2v) is 21.1. The summed E-state index contributed by atoms with van der Waals surface area (Å²) in [7, 11) is -1.99. The van der Waals surface area contributed by atoms with Crippen molar-refractivity contribution in [3.8, 4) is 34.4 Å². The van der Waals surface area contributed by atoms with Gasteiger partial charge in [-0.05, 0) is 136 Å². The van der Waals surface area contributed by atoms with E-state index in [1.807, 2.05) is 36.4 Å². The molecule has 0 amide bonds. The topological polar surface area (TPSA) is 170 Å². The first kappa shape index (κ1) is 58.6. The summed E-state index contributed by atoms with van der Waals surface area (Å²) < 4.78 is 125. The lowest BCUT2D eigenvalue weighted by atomic mass is 9.79. The Morgan fingerprint density at radius 1 is 0.488 bits per heavy atom. The van der Waals surface area contributed by atoms with Crippen molar-refractivity contribution in [2.45, 2.75) is 55.0 Å². The fraction of sp³-hybridized carbons (Fsp3) is 0.183. The fourth-order valence-corrected chi connectivity index (χ4v) is 11.5. The SMILES string of the molecule is C1CCOC1.N#Cc1ccc(B(O)O)cc1C(F)(F)F.O=C1c2ccc(Br)cc2C2C(=O)c3ccc(Br)cc3C12.[C-]#[N+]c1ccc(-c2ccc3c(c2)C2C(=O)c4ccc(-c5ccc(C#N)c(C(F)(F)F)c5)cc4C2C3=O)cc1C(F)(F)F. The first-order chi connectivity index (χ1) is 38.8. The zero-order valence-electron chi connectivity index (χ0n) is 41.8. The zero-order chi connectivity index (χ0) is 59.3. The van der Waals surface area contributed by atoms with Crippen molar-refractivity contribution < 1.29 is 73.5 Å². The minimum Gasteiger partial charge on any atom is -0.423 e. The van der Waals surface area contributed by atoms with Gasteiger partial charge in [-0.2, -0.15) is 50.0 Å². The summed E-state index contributed by atoms with van der Waals surface area (Å²) in [6.07, 6.45) is -11.7. The molecule has 0 bridgehead atoms. The minimum absolute atomic E-state index is 0.0581. The van der Waals surface area contributed by atoms with E-state index in [0.29, 0.717) is 39.4 Å². The maximum atomic E-state index is 13.6. The number of Topliss-reactive ketones (excluding diaryl/α,β-unsaturated/α-hetero) is 4. The maximum Gasteiger partial charge on any atom is 0.488 e. The molecule has 4 aliphatic carbocycles. The highest BCUT2D eigenvalue weighted by Crippen LogP contribution is 2.55. The molecular weight excluding hydrogens is 1220 g/mol. The van der Waals surface area contributed by atoms with E-state index in [1.54, 1.807) is 0 Å². The van der Waals surface area contributed by atoms with Crippen LogP contribution in [0, 0.1) is 29.2 Å². The predicted octanol–water partition coefficient (Wildman–Crippen LogP) is 14.3. The Morgan fingerprint density at radius 2 is 0.829 bits per heavy atom. The molecule has 10 nitrogen and oxygen atoms in total. The quantitative estimate of drug-likeness (QED) is 0.0993. The van der Waals surface area contributed by atoms with Crippen LogP contribution in [-0.2, 0) is 23.3 Å². The second kappa shape index (κ2) is 22.7. The molecule has 1 aliphatic heterocycles. The zero-order valence-corrected chi connectivity index (χ0v) is 44.9. The lowest BCUT2D eigenvalue weighted by Gasteiger charge is -2.13. The number of nitriles is 2. The van der Waals surface area contributed by atoms with Crippen molar-refractivity contribution in [3.05, 3.63) is 220 Å². The van der Waals surface area contributed by atoms with Crippen LogP contribution in [0.4, 0.5) is 45.2 Å². The van der Waals surface area contributed by atoms with Gasteiger partial charge in [0.25, 0.3) is 0 Å². The molecule has 0 spiro atoms. The molecule has 1 saturated heterocycles. The lowest BCUT2D eigenvalue weighted by Crippen LogP contribution is -2.31. The highest BCUT2D eigenvalue weighted by atomic mass is 79.9. The average Bonchev–Trinajstić information content (AvgIpc) is 3.58. The van der Waals surface area contributed by atoms with E-state index < -0.39 is 71.0 Å². The number of halogens is 11. The number of carbonyl (C=O) groups excluding carboxylic acids is 4. The molecule has 1 heterocycles. The highest BCUT2D eigenvalue weighted by molar-refractivity contribution is 9.10. The Balaban J connectivity index is 0.000000165. The normalized spacial score (nSPS) is 17.9. The summed E-state index contributed by atoms with van der Waals surface area (Å²) in [5.74, 6) is -3.20. The lowest BCUT2D eigenvalue weighted by molar-refractivity contribution is -0.138. The molecular formula is C60H35BBr2F9N3O7. The molecule has 4 unspecified atom stereocenters. The van der Waals surface area contributed by atoms with Gasteiger partial charge in [-0.3, -0.25) is 19.2 Å². The van der Waals surface area contributed by atoms with Gasteiger partial charge in [-0.25, -0.2) is 4.85 Å². The summed E-state index contributed by atoms with van der Waals surface area (Å²) >= 11 is 6.84. The Labute approximate surface area is 477 Å². The monoisotopic (exact) mass is 1250 g/mol. The first-order valence-corrected chi connectivity index (χ1v) is 26.2. The Kier molecular flexibility index (Phi) is 16.2. The average molecular weight is 1250 g/mol. The Bertz CT molecular complexity index is 3740. The third-order valence-electron chi connectivity index (χ3n) is 14.5. The van der Waals surface area contributed by atoms with Gasteiger partial charge in [0.2, 0.25) is 0 Å². The number of ether oxygens (including phenoxy) is 1. The van der Waals surface area contributed by atoms with Gasteiger partial charge in [0.1, 0.15) is 0 Å². The summed E-state index contributed by atoms with van der Waals surface area (Å²) in [6.45, 7) is 9.04. The van der Waals surface area contributed by atoms with Crippen LogP contribution in [0.5, 0.6) is 0 Å². The summed E-state index contributed by atoms with van der Waals surface area (Å²) in [5.41, 5.74) is -0.115. The highest BCUT2D eigenvalue weighted by Gasteiger charge is 2.52. The number of hydrogen-bond donors (Lipinski definition) is 2. The van der Waals surface area contributed by atoms with Crippen LogP contribution in [-0.4, -0.2) is 53.5 Å². The van der Waals surface area contributed by atoms with E-state index in [9.17, 15) is 58.7 Å². The molecule has 5 aliphatic rings. The van der Waals surface area contributed by atoms with Crippen LogP contribution in [0.2, 0.25) is 0 Å². The smallest absolute Gasteiger partial charge is 0.423 e. The molecule has 0 radical (unpaired) electrons. The molecule has 0 aromatic heterocycles. The van der Waals surface area contributed by atoms with Crippen LogP contribution < -0.4 is 5.46 Å². The standard InChI is InChI=1S/C32H14F6N2O2.C16H8Br2O2.C8H5BF3NO2.C4H8O/c1-40-26-9-6-18(13-25(26)32(36,37)38)16-5-8-21-23(11-16)28-27(30(21)42)22-10-15(4-7-20(22)29(28)41)17-2-3-19(14-39)24(12-17)31(33,34)35;17-7-1-3-9-11(5-7)13-14(15(9)19)12-6-8(18)2-4-10(12)16(13)20;10-8(11,12)7-3-6(9(14)15)2-1-5(7)4-13;1-2-4-5-3-1/h2-13,27-28H;1-6,13-14H;1-3,14-15H;1-4H2. The molecule has 12 rings (SSSR count). The molecule has 412 valence electrons. The number of nitrogens with zero attached hydrogens (tertiary/aromatic N) is 3.